The minimum atomic E-state index is -0.583. The van der Waals surface area contributed by atoms with E-state index < -0.39 is 4.92 Å². The summed E-state index contributed by atoms with van der Waals surface area (Å²) in [5.41, 5.74) is 6.49. The molecule has 0 aliphatic rings. The molecule has 3 heterocycles. The number of anilines is 1. The van der Waals surface area contributed by atoms with Gasteiger partial charge in [0.25, 0.3) is 0 Å². The van der Waals surface area contributed by atoms with Crippen molar-refractivity contribution in [2.24, 2.45) is 0 Å². The molecule has 0 fully saturated rings. The second kappa shape index (κ2) is 5.52. The van der Waals surface area contributed by atoms with E-state index in [1.54, 1.807) is 42.6 Å². The van der Waals surface area contributed by atoms with Crippen molar-refractivity contribution >= 4 is 11.4 Å². The van der Waals surface area contributed by atoms with Gasteiger partial charge in [0.15, 0.2) is 5.69 Å². The van der Waals surface area contributed by atoms with Crippen LogP contribution in [0.25, 0.3) is 22.8 Å². The van der Waals surface area contributed by atoms with Gasteiger partial charge in [-0.3, -0.25) is 20.1 Å². The molecule has 0 saturated heterocycles. The van der Waals surface area contributed by atoms with Gasteiger partial charge in [0.05, 0.1) is 16.3 Å². The number of nitrogens with two attached hydrogens (primary N) is 1. The Morgan fingerprint density at radius 2 is 1.45 bits per heavy atom. The van der Waals surface area contributed by atoms with Crippen molar-refractivity contribution in [2.45, 2.75) is 0 Å². The highest BCUT2D eigenvalue weighted by Gasteiger charge is 2.26. The second-order valence-corrected chi connectivity index (χ2v) is 4.35. The molecule has 0 aliphatic heterocycles. The van der Waals surface area contributed by atoms with E-state index in [9.17, 15) is 10.1 Å². The van der Waals surface area contributed by atoms with E-state index in [0.717, 1.165) is 0 Å². The summed E-state index contributed by atoms with van der Waals surface area (Å²) in [4.78, 5) is 19.0. The number of rotatable bonds is 3. The Balaban J connectivity index is 2.24. The first-order valence-corrected chi connectivity index (χ1v) is 6.32. The van der Waals surface area contributed by atoms with Crippen LogP contribution < -0.4 is 5.73 Å². The monoisotopic (exact) mass is 294 g/mol. The normalized spacial score (nSPS) is 10.4. The zero-order chi connectivity index (χ0) is 15.5. The van der Waals surface area contributed by atoms with Gasteiger partial charge in [-0.1, -0.05) is 12.1 Å². The molecule has 0 aromatic carbocycles. The quantitative estimate of drug-likeness (QED) is 0.579. The molecule has 3 aromatic heterocycles. The third-order valence-corrected chi connectivity index (χ3v) is 2.98. The van der Waals surface area contributed by atoms with Gasteiger partial charge in [-0.2, -0.15) is 0 Å². The van der Waals surface area contributed by atoms with Gasteiger partial charge in [0.2, 0.25) is 0 Å². The van der Waals surface area contributed by atoms with Gasteiger partial charge in [-0.15, -0.1) is 10.2 Å². The van der Waals surface area contributed by atoms with Crippen LogP contribution in [0.15, 0.2) is 48.8 Å². The third kappa shape index (κ3) is 2.33. The molecule has 0 saturated carbocycles. The van der Waals surface area contributed by atoms with E-state index in [1.807, 2.05) is 0 Å². The fourth-order valence-corrected chi connectivity index (χ4v) is 1.99. The highest BCUT2D eigenvalue weighted by molar-refractivity contribution is 5.84. The lowest BCUT2D eigenvalue weighted by atomic mass is 10.1. The maximum Gasteiger partial charge on any atom is 0.324 e. The van der Waals surface area contributed by atoms with Crippen molar-refractivity contribution in [1.82, 2.24) is 20.2 Å². The maximum atomic E-state index is 11.4. The minimum absolute atomic E-state index is 0.0304. The van der Waals surface area contributed by atoms with E-state index in [0.29, 0.717) is 11.4 Å². The van der Waals surface area contributed by atoms with Crippen molar-refractivity contribution in [1.29, 1.82) is 0 Å². The Hall–Kier alpha value is -3.42. The van der Waals surface area contributed by atoms with Crippen LogP contribution in [0.4, 0.5) is 11.4 Å². The number of pyridine rings is 2. The highest BCUT2D eigenvalue weighted by Crippen LogP contribution is 2.36. The number of aromatic nitrogens is 4. The first-order valence-electron chi connectivity index (χ1n) is 6.32. The molecule has 0 amide bonds. The van der Waals surface area contributed by atoms with Crippen LogP contribution in [0.1, 0.15) is 0 Å². The van der Waals surface area contributed by atoms with Crippen LogP contribution in [-0.2, 0) is 0 Å². The van der Waals surface area contributed by atoms with E-state index in [-0.39, 0.29) is 22.8 Å². The minimum Gasteiger partial charge on any atom is -0.391 e. The molecule has 8 heteroatoms. The van der Waals surface area contributed by atoms with E-state index in [2.05, 4.69) is 20.2 Å². The lowest BCUT2D eigenvalue weighted by molar-refractivity contribution is -0.383. The van der Waals surface area contributed by atoms with Crippen LogP contribution in [0, 0.1) is 10.1 Å². The fraction of sp³-hybridized carbons (Fsp3) is 0. The molecular formula is C14H10N6O2. The van der Waals surface area contributed by atoms with Gasteiger partial charge < -0.3 is 5.73 Å². The molecule has 3 aromatic rings. The number of hydrogen-bond donors (Lipinski definition) is 1. The molecule has 0 spiro atoms. The zero-order valence-electron chi connectivity index (χ0n) is 11.2. The third-order valence-electron chi connectivity index (χ3n) is 2.98. The number of nitrogens with zero attached hydrogens (tertiary/aromatic N) is 5. The van der Waals surface area contributed by atoms with Crippen LogP contribution in [-0.4, -0.2) is 25.1 Å². The summed E-state index contributed by atoms with van der Waals surface area (Å²) in [6.07, 6.45) is 3.07. The second-order valence-electron chi connectivity index (χ2n) is 4.35. The molecule has 8 nitrogen and oxygen atoms in total. The molecule has 2 N–H and O–H groups in total. The van der Waals surface area contributed by atoms with Gasteiger partial charge >= 0.3 is 5.69 Å². The Kier molecular flexibility index (Phi) is 3.40. The molecule has 0 aliphatic carbocycles. The van der Waals surface area contributed by atoms with Crippen LogP contribution in [0.5, 0.6) is 0 Å². The fourth-order valence-electron chi connectivity index (χ4n) is 1.99. The summed E-state index contributed by atoms with van der Waals surface area (Å²) in [6, 6.07) is 10.1. The van der Waals surface area contributed by atoms with Crippen LogP contribution in [0.3, 0.4) is 0 Å². The highest BCUT2D eigenvalue weighted by atomic mass is 16.6. The van der Waals surface area contributed by atoms with Gasteiger partial charge in [-0.05, 0) is 24.3 Å². The van der Waals surface area contributed by atoms with Crippen molar-refractivity contribution < 1.29 is 4.92 Å². The number of nitrogen functional groups attached to an aromatic ring is 1. The van der Waals surface area contributed by atoms with E-state index in [4.69, 9.17) is 5.73 Å². The molecule has 0 unspecified atom stereocenters. The molecule has 0 atom stereocenters. The summed E-state index contributed by atoms with van der Waals surface area (Å²) < 4.78 is 0. The Morgan fingerprint density at radius 1 is 0.909 bits per heavy atom. The largest absolute Gasteiger partial charge is 0.391 e. The smallest absolute Gasteiger partial charge is 0.324 e. The number of nitro groups is 1. The van der Waals surface area contributed by atoms with Crippen LogP contribution in [0.2, 0.25) is 0 Å². The van der Waals surface area contributed by atoms with Crippen LogP contribution >= 0.6 is 0 Å². The molecule has 0 bridgehead atoms. The number of hydrogen-bond acceptors (Lipinski definition) is 7. The lowest BCUT2D eigenvalue weighted by Gasteiger charge is -2.07. The van der Waals surface area contributed by atoms with Gasteiger partial charge in [-0.25, -0.2) is 0 Å². The predicted molar refractivity (Wildman–Crippen MR) is 79.6 cm³/mol. The maximum absolute atomic E-state index is 11.4. The van der Waals surface area contributed by atoms with E-state index >= 15 is 0 Å². The summed E-state index contributed by atoms with van der Waals surface area (Å²) in [6.45, 7) is 0. The Morgan fingerprint density at radius 3 is 1.95 bits per heavy atom. The average molecular weight is 294 g/mol. The van der Waals surface area contributed by atoms with Crippen molar-refractivity contribution in [3.8, 4) is 22.8 Å². The Labute approximate surface area is 124 Å². The standard InChI is InChI=1S/C14H10N6O2/c15-11-12(9-5-1-3-7-16-9)18-19-13(14(11)20(21)22)10-6-2-4-8-17-10/h1-8H,(H2,15,19). The topological polar surface area (TPSA) is 121 Å². The summed E-state index contributed by atoms with van der Waals surface area (Å²) in [7, 11) is 0. The Bertz CT molecular complexity index is 823. The molecular weight excluding hydrogens is 284 g/mol. The van der Waals surface area contributed by atoms with E-state index in [1.165, 1.54) is 6.20 Å². The molecule has 3 rings (SSSR count). The SMILES string of the molecule is Nc1c(-c2ccccn2)nnc(-c2ccccn2)c1[N+](=O)[O-]. The van der Waals surface area contributed by atoms with Crippen molar-refractivity contribution in [2.75, 3.05) is 5.73 Å². The molecule has 0 radical (unpaired) electrons. The van der Waals surface area contributed by atoms with Gasteiger partial charge in [0.1, 0.15) is 11.4 Å². The molecule has 108 valence electrons. The first kappa shape index (κ1) is 13.6. The summed E-state index contributed by atoms with van der Waals surface area (Å²) in [5.74, 6) is 0. The lowest BCUT2D eigenvalue weighted by Crippen LogP contribution is -2.06. The summed E-state index contributed by atoms with van der Waals surface area (Å²) >= 11 is 0. The average Bonchev–Trinajstić information content (AvgIpc) is 2.55. The predicted octanol–water partition coefficient (Wildman–Crippen LogP) is 2.09. The van der Waals surface area contributed by atoms with Gasteiger partial charge in [0, 0.05) is 12.4 Å². The zero-order valence-corrected chi connectivity index (χ0v) is 11.2. The van der Waals surface area contributed by atoms with Crippen molar-refractivity contribution in [3.05, 3.63) is 58.9 Å². The van der Waals surface area contributed by atoms with Crippen molar-refractivity contribution in [3.63, 3.8) is 0 Å². The molecule has 22 heavy (non-hydrogen) atoms. The summed E-state index contributed by atoms with van der Waals surface area (Å²) in [5, 5.41) is 19.3. The first-order chi connectivity index (χ1) is 10.7.